The van der Waals surface area contributed by atoms with Crippen LogP contribution in [-0.4, -0.2) is 36.3 Å². The summed E-state index contributed by atoms with van der Waals surface area (Å²) >= 11 is 0. The topological polar surface area (TPSA) is 109 Å². The van der Waals surface area contributed by atoms with Gasteiger partial charge in [0, 0.05) is 12.7 Å². The number of aromatic hydroxyl groups is 1. The molecule has 8 nitrogen and oxygen atoms in total. The summed E-state index contributed by atoms with van der Waals surface area (Å²) in [7, 11) is -3.48. The molecule has 0 radical (unpaired) electrons. The summed E-state index contributed by atoms with van der Waals surface area (Å²) in [6.45, 7) is -0.478. The fourth-order valence-corrected chi connectivity index (χ4v) is 4.49. The molecule has 1 amide bonds. The second-order valence-electron chi connectivity index (χ2n) is 6.34. The molecular weight excluding hydrogens is 415 g/mol. The van der Waals surface area contributed by atoms with Crippen LogP contribution >= 0.6 is 0 Å². The molecule has 1 saturated heterocycles. The number of pyridine rings is 1. The quantitative estimate of drug-likeness (QED) is 0.717. The molecule has 3 rings (SSSR count). The molecule has 2 aromatic rings. The summed E-state index contributed by atoms with van der Waals surface area (Å²) in [5.41, 5.74) is -2.69. The number of aromatic nitrogens is 1. The highest BCUT2D eigenvalue weighted by Crippen LogP contribution is 2.32. The highest BCUT2D eigenvalue weighted by Gasteiger charge is 2.34. The van der Waals surface area contributed by atoms with E-state index >= 15 is 0 Å². The van der Waals surface area contributed by atoms with Crippen LogP contribution < -0.4 is 15.2 Å². The van der Waals surface area contributed by atoms with Crippen molar-refractivity contribution < 1.29 is 31.5 Å². The van der Waals surface area contributed by atoms with Gasteiger partial charge in [-0.2, -0.15) is 13.2 Å². The lowest BCUT2D eigenvalue weighted by atomic mass is 10.2. The van der Waals surface area contributed by atoms with Crippen LogP contribution in [-0.2, 0) is 27.5 Å². The van der Waals surface area contributed by atoms with Gasteiger partial charge in [0.15, 0.2) is 0 Å². The van der Waals surface area contributed by atoms with E-state index in [9.17, 15) is 36.3 Å². The van der Waals surface area contributed by atoms with E-state index in [4.69, 9.17) is 0 Å². The maximum atomic E-state index is 12.8. The first-order valence-electron chi connectivity index (χ1n) is 8.39. The van der Waals surface area contributed by atoms with Crippen molar-refractivity contribution in [1.29, 1.82) is 0 Å². The van der Waals surface area contributed by atoms with Crippen molar-refractivity contribution in [3.63, 3.8) is 0 Å². The molecule has 1 aromatic carbocycles. The number of phenolic OH excluding ortho intramolecular Hbond substituents is 1. The van der Waals surface area contributed by atoms with Gasteiger partial charge in [-0.1, -0.05) is 0 Å². The Bertz CT molecular complexity index is 1110. The molecule has 1 fully saturated rings. The second kappa shape index (κ2) is 7.43. The Hall–Kier alpha value is -3.02. The number of hydrogen-bond donors (Lipinski definition) is 2. The van der Waals surface area contributed by atoms with Gasteiger partial charge in [-0.25, -0.2) is 8.42 Å². The number of alkyl halides is 3. The van der Waals surface area contributed by atoms with E-state index in [0.717, 1.165) is 16.6 Å². The molecule has 0 bridgehead atoms. The normalized spacial score (nSPS) is 16.0. The highest BCUT2D eigenvalue weighted by atomic mass is 32.2. The number of anilines is 2. The van der Waals surface area contributed by atoms with Crippen LogP contribution in [0.25, 0.3) is 0 Å². The Morgan fingerprint density at radius 3 is 2.59 bits per heavy atom. The number of nitrogens with one attached hydrogen (secondary N) is 1. The first-order valence-corrected chi connectivity index (χ1v) is 10.00. The zero-order chi connectivity index (χ0) is 21.4. The van der Waals surface area contributed by atoms with Gasteiger partial charge >= 0.3 is 6.18 Å². The standard InChI is InChI=1S/C17H16F3N3O5S/c18-17(19,20)12-3-1-6-22(16(12)26)10-15(25)21-13-9-11(4-5-14(13)24)23-7-2-8-29(23,27)28/h1,3-6,9,24H,2,7-8,10H2,(H,21,25). The van der Waals surface area contributed by atoms with E-state index < -0.39 is 39.8 Å². The minimum Gasteiger partial charge on any atom is -0.506 e. The molecule has 12 heteroatoms. The predicted molar refractivity (Wildman–Crippen MR) is 98.2 cm³/mol. The van der Waals surface area contributed by atoms with E-state index in [1.165, 1.54) is 18.2 Å². The predicted octanol–water partition coefficient (Wildman–Crippen LogP) is 1.75. The third-order valence-electron chi connectivity index (χ3n) is 4.28. The molecular formula is C17H16F3N3O5S. The fraction of sp³-hybridized carbons (Fsp3) is 0.294. The molecule has 1 aliphatic heterocycles. The molecule has 0 spiro atoms. The van der Waals surface area contributed by atoms with Gasteiger partial charge in [0.05, 0.1) is 17.1 Å². The maximum Gasteiger partial charge on any atom is 0.421 e. The van der Waals surface area contributed by atoms with Gasteiger partial charge in [-0.3, -0.25) is 13.9 Å². The number of carbonyl (C=O) groups excluding carboxylic acids is 1. The third-order valence-corrected chi connectivity index (χ3v) is 6.15. The lowest BCUT2D eigenvalue weighted by molar-refractivity contribution is -0.139. The van der Waals surface area contributed by atoms with Crippen LogP contribution in [0.1, 0.15) is 12.0 Å². The van der Waals surface area contributed by atoms with Gasteiger partial charge in [-0.05, 0) is 36.8 Å². The van der Waals surface area contributed by atoms with Crippen LogP contribution in [0.5, 0.6) is 5.75 Å². The van der Waals surface area contributed by atoms with Crippen molar-refractivity contribution in [2.24, 2.45) is 0 Å². The molecule has 156 valence electrons. The Kier molecular flexibility index (Phi) is 5.30. The lowest BCUT2D eigenvalue weighted by Gasteiger charge is -2.18. The van der Waals surface area contributed by atoms with Gasteiger partial charge in [0.1, 0.15) is 17.9 Å². The van der Waals surface area contributed by atoms with E-state index in [-0.39, 0.29) is 29.4 Å². The summed E-state index contributed by atoms with van der Waals surface area (Å²) in [5, 5.41) is 12.2. The fourth-order valence-electron chi connectivity index (χ4n) is 2.93. The number of amides is 1. The Morgan fingerprint density at radius 2 is 1.97 bits per heavy atom. The molecule has 2 N–H and O–H groups in total. The average Bonchev–Trinajstić information content (AvgIpc) is 2.97. The first-order chi connectivity index (χ1) is 13.5. The molecule has 0 atom stereocenters. The number of halogens is 3. The number of nitrogens with zero attached hydrogens (tertiary/aromatic N) is 2. The molecule has 2 heterocycles. The second-order valence-corrected chi connectivity index (χ2v) is 8.36. The Balaban J connectivity index is 1.82. The number of rotatable bonds is 4. The summed E-state index contributed by atoms with van der Waals surface area (Å²) in [6, 6.07) is 5.40. The summed E-state index contributed by atoms with van der Waals surface area (Å²) in [6.07, 6.45) is -3.39. The summed E-state index contributed by atoms with van der Waals surface area (Å²) < 4.78 is 64.2. The number of benzene rings is 1. The monoisotopic (exact) mass is 431 g/mol. The first kappa shape index (κ1) is 20.7. The van der Waals surface area contributed by atoms with Crippen LogP contribution in [0, 0.1) is 0 Å². The zero-order valence-corrected chi connectivity index (χ0v) is 15.6. The number of hydrogen-bond acceptors (Lipinski definition) is 5. The van der Waals surface area contributed by atoms with E-state index in [2.05, 4.69) is 5.32 Å². The van der Waals surface area contributed by atoms with Gasteiger partial charge < -0.3 is 15.0 Å². The number of carbonyl (C=O) groups is 1. The minimum atomic E-state index is -4.86. The van der Waals surface area contributed by atoms with Gasteiger partial charge in [0.25, 0.3) is 5.56 Å². The highest BCUT2D eigenvalue weighted by molar-refractivity contribution is 7.93. The van der Waals surface area contributed by atoms with Gasteiger partial charge in [0.2, 0.25) is 15.9 Å². The molecule has 0 unspecified atom stereocenters. The molecule has 1 aromatic heterocycles. The van der Waals surface area contributed by atoms with Crippen molar-refractivity contribution in [1.82, 2.24) is 4.57 Å². The Labute approximate surface area is 163 Å². The summed E-state index contributed by atoms with van der Waals surface area (Å²) in [5.74, 6) is -1.26. The summed E-state index contributed by atoms with van der Waals surface area (Å²) in [4.78, 5) is 24.1. The minimum absolute atomic E-state index is 0.0198. The van der Waals surface area contributed by atoms with Crippen molar-refractivity contribution in [3.05, 3.63) is 52.4 Å². The van der Waals surface area contributed by atoms with Crippen molar-refractivity contribution in [3.8, 4) is 5.75 Å². The maximum absolute atomic E-state index is 12.8. The van der Waals surface area contributed by atoms with Crippen molar-refractivity contribution in [2.75, 3.05) is 21.9 Å². The number of phenols is 1. The average molecular weight is 431 g/mol. The van der Waals surface area contributed by atoms with Crippen LogP contribution in [0.3, 0.4) is 0 Å². The Morgan fingerprint density at radius 1 is 1.24 bits per heavy atom. The van der Waals surface area contributed by atoms with E-state index in [0.29, 0.717) is 17.1 Å². The molecule has 0 aliphatic carbocycles. The van der Waals surface area contributed by atoms with E-state index in [1.807, 2.05) is 0 Å². The molecule has 1 aliphatic rings. The van der Waals surface area contributed by atoms with E-state index in [1.54, 1.807) is 0 Å². The zero-order valence-electron chi connectivity index (χ0n) is 14.8. The molecule has 29 heavy (non-hydrogen) atoms. The third kappa shape index (κ3) is 4.36. The largest absolute Gasteiger partial charge is 0.506 e. The van der Waals surface area contributed by atoms with Crippen LogP contribution in [0.15, 0.2) is 41.3 Å². The number of sulfonamides is 1. The van der Waals surface area contributed by atoms with Crippen molar-refractivity contribution in [2.45, 2.75) is 19.1 Å². The SMILES string of the molecule is O=C(Cn1cccc(C(F)(F)F)c1=O)Nc1cc(N2CCCS2(=O)=O)ccc1O. The van der Waals surface area contributed by atoms with Crippen LogP contribution in [0.2, 0.25) is 0 Å². The van der Waals surface area contributed by atoms with Crippen molar-refractivity contribution >= 4 is 27.3 Å². The molecule has 0 saturated carbocycles. The van der Waals surface area contributed by atoms with Gasteiger partial charge in [-0.15, -0.1) is 0 Å². The smallest absolute Gasteiger partial charge is 0.421 e. The van der Waals surface area contributed by atoms with Crippen LogP contribution in [0.4, 0.5) is 24.5 Å². The lowest BCUT2D eigenvalue weighted by Crippen LogP contribution is -2.32.